The third kappa shape index (κ3) is 8.97. The first kappa shape index (κ1) is 32.4. The van der Waals surface area contributed by atoms with E-state index in [4.69, 9.17) is 9.47 Å². The van der Waals surface area contributed by atoms with Crippen LogP contribution >= 0.6 is 22.6 Å². The lowest BCUT2D eigenvalue weighted by Crippen LogP contribution is -2.19. The lowest BCUT2D eigenvalue weighted by atomic mass is 10.0. The van der Waals surface area contributed by atoms with Gasteiger partial charge >= 0.3 is 12.4 Å². The number of rotatable bonds is 6. The fourth-order valence-electron chi connectivity index (χ4n) is 3.95. The van der Waals surface area contributed by atoms with Gasteiger partial charge < -0.3 is 14.8 Å². The van der Waals surface area contributed by atoms with E-state index in [2.05, 4.69) is 15.3 Å². The number of ketones is 1. The van der Waals surface area contributed by atoms with E-state index < -0.39 is 27.3 Å². The van der Waals surface area contributed by atoms with Crippen LogP contribution in [-0.2, 0) is 32.0 Å². The zero-order valence-electron chi connectivity index (χ0n) is 22.5. The van der Waals surface area contributed by atoms with E-state index in [1.165, 1.54) is 31.5 Å². The van der Waals surface area contributed by atoms with E-state index in [1.807, 2.05) is 22.6 Å². The molecule has 6 nitrogen and oxygen atoms in total. The highest BCUT2D eigenvalue weighted by Gasteiger charge is 2.37. The summed E-state index contributed by atoms with van der Waals surface area (Å²) in [5, 5.41) is 2.90. The molecule has 5 rings (SSSR count). The van der Waals surface area contributed by atoms with Crippen molar-refractivity contribution in [1.82, 2.24) is 9.97 Å². The summed E-state index contributed by atoms with van der Waals surface area (Å²) in [6.45, 7) is 2.40. The van der Waals surface area contributed by atoms with Crippen molar-refractivity contribution in [1.29, 1.82) is 0 Å². The Bertz CT molecular complexity index is 1540. The van der Waals surface area contributed by atoms with Gasteiger partial charge in [-0.05, 0) is 82.6 Å². The number of hydrogen-bond acceptors (Lipinski definition) is 6. The molecule has 43 heavy (non-hydrogen) atoms. The first-order valence-electron chi connectivity index (χ1n) is 12.7. The number of carbonyl (C=O) groups is 1. The Morgan fingerprint density at radius 2 is 1.47 bits per heavy atom. The van der Waals surface area contributed by atoms with Gasteiger partial charge in [-0.3, -0.25) is 14.8 Å². The second kappa shape index (κ2) is 13.4. The highest BCUT2D eigenvalue weighted by molar-refractivity contribution is 14.1. The summed E-state index contributed by atoms with van der Waals surface area (Å²) in [4.78, 5) is 19.3. The van der Waals surface area contributed by atoms with Crippen molar-refractivity contribution in [3.05, 3.63) is 119 Å². The minimum absolute atomic E-state index is 0.143. The third-order valence-electron chi connectivity index (χ3n) is 6.05. The van der Waals surface area contributed by atoms with Crippen LogP contribution in [-0.4, -0.2) is 29.0 Å². The third-order valence-corrected chi connectivity index (χ3v) is 7.23. The number of nitrogens with zero attached hydrogens (tertiary/aromatic N) is 2. The number of hydrogen-bond donors (Lipinski definition) is 1. The second-order valence-electron chi connectivity index (χ2n) is 9.35. The predicted octanol–water partition coefficient (Wildman–Crippen LogP) is 8.33. The number of anilines is 2. The van der Waals surface area contributed by atoms with E-state index in [1.54, 1.807) is 36.4 Å². The molecule has 1 saturated heterocycles. The van der Waals surface area contributed by atoms with Gasteiger partial charge in [0.25, 0.3) is 3.79 Å². The molecule has 4 aromatic rings. The van der Waals surface area contributed by atoms with E-state index >= 15 is 0 Å². The molecular formula is C30H24F6IN3O3. The van der Waals surface area contributed by atoms with Crippen molar-refractivity contribution in [3.8, 4) is 0 Å². The minimum Gasteiger partial charge on any atom is -0.354 e. The first-order valence-corrected chi connectivity index (χ1v) is 13.8. The molecule has 1 aliphatic rings. The molecule has 1 N–H and O–H groups in total. The van der Waals surface area contributed by atoms with Crippen LogP contribution in [0.25, 0.3) is 0 Å². The number of aromatic nitrogens is 2. The van der Waals surface area contributed by atoms with Gasteiger partial charge in [-0.25, -0.2) is 0 Å². The molecule has 0 bridgehead atoms. The number of alkyl halides is 7. The second-order valence-corrected chi connectivity index (χ2v) is 10.8. The Balaban J connectivity index is 0.000000199. The standard InChI is InChI=1S/C15H12F3IN2O2.C15H12F3NO/c16-14(17,18)10-2-1-3-11(8-10)21-12-4-5-13(20-9-12)15(19)22-6-7-23-15;1-10(20)14-6-5-12(9-19-14)7-11-3-2-4-13(8-11)15(16,17)18/h1-5,8-9,21H,6-7H2;2-6,8-9H,7H2,1H3. The molecule has 0 atom stereocenters. The maximum Gasteiger partial charge on any atom is 0.416 e. The highest BCUT2D eigenvalue weighted by Crippen LogP contribution is 2.37. The Labute approximate surface area is 256 Å². The highest BCUT2D eigenvalue weighted by atomic mass is 127. The number of pyridine rings is 2. The number of benzene rings is 2. The molecule has 0 radical (unpaired) electrons. The minimum atomic E-state index is -4.37. The lowest BCUT2D eigenvalue weighted by Gasteiger charge is -2.19. The van der Waals surface area contributed by atoms with Crippen LogP contribution in [0.5, 0.6) is 0 Å². The Kier molecular flexibility index (Phi) is 10.1. The SMILES string of the molecule is CC(=O)c1ccc(Cc2cccc(C(F)(F)F)c2)cn1.FC(F)(F)c1cccc(Nc2ccc(C3(I)OCCO3)nc2)c1. The van der Waals surface area contributed by atoms with Gasteiger partial charge in [-0.2, -0.15) is 26.3 Å². The van der Waals surface area contributed by atoms with Crippen molar-refractivity contribution in [2.24, 2.45) is 0 Å². The first-order chi connectivity index (χ1) is 20.2. The number of carbonyl (C=O) groups excluding carboxylic acids is 1. The summed E-state index contributed by atoms with van der Waals surface area (Å²) in [5.74, 6) is -0.143. The van der Waals surface area contributed by atoms with Gasteiger partial charge in [0.15, 0.2) is 5.78 Å². The van der Waals surface area contributed by atoms with Crippen LogP contribution in [0, 0.1) is 0 Å². The largest absolute Gasteiger partial charge is 0.416 e. The molecule has 0 unspecified atom stereocenters. The van der Waals surface area contributed by atoms with Crippen LogP contribution in [0.4, 0.5) is 37.7 Å². The average Bonchev–Trinajstić information content (AvgIpc) is 3.41. The molecule has 2 aromatic heterocycles. The van der Waals surface area contributed by atoms with Crippen LogP contribution in [0.1, 0.15) is 45.4 Å². The Morgan fingerprint density at radius 1 is 0.814 bits per heavy atom. The Morgan fingerprint density at radius 3 is 2.02 bits per heavy atom. The fourth-order valence-corrected chi connectivity index (χ4v) is 4.71. The van der Waals surface area contributed by atoms with Gasteiger partial charge in [0.05, 0.1) is 36.2 Å². The van der Waals surface area contributed by atoms with E-state index in [9.17, 15) is 31.1 Å². The molecule has 13 heteroatoms. The summed E-state index contributed by atoms with van der Waals surface area (Å²) < 4.78 is 86.0. The summed E-state index contributed by atoms with van der Waals surface area (Å²) >= 11 is 2.03. The van der Waals surface area contributed by atoms with E-state index in [0.717, 1.165) is 29.8 Å². The van der Waals surface area contributed by atoms with Gasteiger partial charge in [0.2, 0.25) is 0 Å². The zero-order chi connectivity index (χ0) is 31.3. The lowest BCUT2D eigenvalue weighted by molar-refractivity contribution is -0.138. The predicted molar refractivity (Wildman–Crippen MR) is 155 cm³/mol. The van der Waals surface area contributed by atoms with Crippen molar-refractivity contribution in [2.45, 2.75) is 29.5 Å². The van der Waals surface area contributed by atoms with E-state index in [0.29, 0.717) is 48.0 Å². The van der Waals surface area contributed by atoms with Gasteiger partial charge in [-0.1, -0.05) is 30.3 Å². The zero-order valence-corrected chi connectivity index (χ0v) is 24.6. The van der Waals surface area contributed by atoms with E-state index in [-0.39, 0.29) is 5.78 Å². The normalized spacial score (nSPS) is 14.5. The number of halogens is 7. The quantitative estimate of drug-likeness (QED) is 0.0938. The fraction of sp³-hybridized carbons (Fsp3) is 0.233. The summed E-state index contributed by atoms with van der Waals surface area (Å²) in [7, 11) is 0. The van der Waals surface area contributed by atoms with Crippen molar-refractivity contribution >= 4 is 39.7 Å². The molecule has 0 aliphatic carbocycles. The maximum atomic E-state index is 12.7. The van der Waals surface area contributed by atoms with Crippen LogP contribution < -0.4 is 5.32 Å². The van der Waals surface area contributed by atoms with Gasteiger partial charge in [0, 0.05) is 18.8 Å². The molecule has 226 valence electrons. The molecule has 3 heterocycles. The molecule has 0 spiro atoms. The molecular weight excluding hydrogens is 691 g/mol. The smallest absolute Gasteiger partial charge is 0.354 e. The van der Waals surface area contributed by atoms with Crippen molar-refractivity contribution < 1.29 is 40.6 Å². The average molecular weight is 715 g/mol. The number of Topliss-reactive ketones (excluding diaryl/α,β-unsaturated/α-hetero) is 1. The molecule has 0 amide bonds. The summed E-state index contributed by atoms with van der Waals surface area (Å²) in [6, 6.07) is 16.9. The molecule has 1 fully saturated rings. The topological polar surface area (TPSA) is 73.3 Å². The van der Waals surface area contributed by atoms with Gasteiger partial charge in [0.1, 0.15) is 11.4 Å². The molecule has 0 saturated carbocycles. The molecule has 2 aromatic carbocycles. The monoisotopic (exact) mass is 715 g/mol. The maximum absolute atomic E-state index is 12.7. The Hall–Kier alpha value is -3.56. The number of ether oxygens (including phenoxy) is 2. The van der Waals surface area contributed by atoms with Crippen molar-refractivity contribution in [3.63, 3.8) is 0 Å². The van der Waals surface area contributed by atoms with Crippen LogP contribution in [0.15, 0.2) is 85.2 Å². The van der Waals surface area contributed by atoms with Crippen LogP contribution in [0.3, 0.4) is 0 Å². The van der Waals surface area contributed by atoms with Crippen LogP contribution in [0.2, 0.25) is 0 Å². The number of nitrogens with one attached hydrogen (secondary N) is 1. The summed E-state index contributed by atoms with van der Waals surface area (Å²) in [6.07, 6.45) is -5.33. The molecule has 1 aliphatic heterocycles. The van der Waals surface area contributed by atoms with Crippen molar-refractivity contribution in [2.75, 3.05) is 18.5 Å². The van der Waals surface area contributed by atoms with Gasteiger partial charge in [-0.15, -0.1) is 0 Å². The summed E-state index contributed by atoms with van der Waals surface area (Å²) in [5.41, 5.74) is 1.81.